The maximum absolute atomic E-state index is 9.44. The minimum atomic E-state index is 0.325. The molecule has 0 aromatic heterocycles. The van der Waals surface area contributed by atoms with Gasteiger partial charge in [0.15, 0.2) is 0 Å². The molecular weight excluding hydrogens is 176 g/mol. The molecule has 3 nitrogen and oxygen atoms in total. The van der Waals surface area contributed by atoms with Gasteiger partial charge in [-0.2, -0.15) is 0 Å². The fourth-order valence-corrected chi connectivity index (χ4v) is 1.10. The van der Waals surface area contributed by atoms with Gasteiger partial charge in [0.05, 0.1) is 12.0 Å². The van der Waals surface area contributed by atoms with Gasteiger partial charge in [0.1, 0.15) is 5.75 Å². The van der Waals surface area contributed by atoms with Gasteiger partial charge in [-0.25, -0.2) is 4.99 Å². The molecule has 0 heterocycles. The van der Waals surface area contributed by atoms with Gasteiger partial charge in [0.2, 0.25) is 0 Å². The predicted octanol–water partition coefficient (Wildman–Crippen LogP) is 2.23. The second-order valence-corrected chi connectivity index (χ2v) is 3.63. The van der Waals surface area contributed by atoms with Crippen LogP contribution >= 0.6 is 0 Å². The topological polar surface area (TPSA) is 35.8 Å². The molecule has 1 aromatic carbocycles. The molecule has 1 N–H and O–H groups in total. The third-order valence-electron chi connectivity index (χ3n) is 1.94. The van der Waals surface area contributed by atoms with Crippen LogP contribution in [0.5, 0.6) is 5.75 Å². The number of nitrogens with zero attached hydrogens (tertiary/aromatic N) is 2. The van der Waals surface area contributed by atoms with Crippen molar-refractivity contribution in [1.29, 1.82) is 0 Å². The first kappa shape index (κ1) is 10.6. The Morgan fingerprint density at radius 2 is 1.86 bits per heavy atom. The number of phenolic OH excluding ortho intramolecular Hbond substituents is 1. The van der Waals surface area contributed by atoms with Crippen molar-refractivity contribution in [2.75, 3.05) is 14.1 Å². The van der Waals surface area contributed by atoms with Crippen molar-refractivity contribution in [2.45, 2.75) is 13.8 Å². The Bertz CT molecular complexity index is 357. The highest BCUT2D eigenvalue weighted by molar-refractivity contribution is 5.64. The van der Waals surface area contributed by atoms with Crippen LogP contribution in [0.4, 0.5) is 5.69 Å². The monoisotopic (exact) mass is 192 g/mol. The van der Waals surface area contributed by atoms with Crippen LogP contribution in [-0.2, 0) is 0 Å². The highest BCUT2D eigenvalue weighted by Crippen LogP contribution is 2.26. The molecule has 0 aliphatic rings. The molecular formula is C11H16N2O. The van der Waals surface area contributed by atoms with Crippen LogP contribution in [0.3, 0.4) is 0 Å². The normalized spacial score (nSPS) is 10.9. The van der Waals surface area contributed by atoms with Crippen LogP contribution in [0.1, 0.15) is 11.1 Å². The van der Waals surface area contributed by atoms with Crippen LogP contribution in [-0.4, -0.2) is 30.4 Å². The Kier molecular flexibility index (Phi) is 3.12. The standard InChI is InChI=1S/C11H16N2O/c1-8-6-11(14)9(2)5-10(8)12-7-13(3)4/h5-7,14H,1-4H3/b12-7+. The van der Waals surface area contributed by atoms with Crippen LogP contribution in [0, 0.1) is 13.8 Å². The third kappa shape index (κ3) is 2.49. The number of rotatable bonds is 2. The molecule has 0 bridgehead atoms. The molecule has 1 aromatic rings. The molecule has 76 valence electrons. The summed E-state index contributed by atoms with van der Waals surface area (Å²) in [6.45, 7) is 3.80. The summed E-state index contributed by atoms with van der Waals surface area (Å²) in [5.74, 6) is 0.325. The Hall–Kier alpha value is -1.51. The molecule has 1 rings (SSSR count). The van der Waals surface area contributed by atoms with E-state index >= 15 is 0 Å². The van der Waals surface area contributed by atoms with Gasteiger partial charge in [0, 0.05) is 14.1 Å². The molecule has 0 amide bonds. The molecule has 0 unspecified atom stereocenters. The van der Waals surface area contributed by atoms with Crippen LogP contribution in [0.2, 0.25) is 0 Å². The van der Waals surface area contributed by atoms with Crippen LogP contribution in [0.25, 0.3) is 0 Å². The molecule has 0 spiro atoms. The number of benzene rings is 1. The quantitative estimate of drug-likeness (QED) is 0.576. The summed E-state index contributed by atoms with van der Waals surface area (Å²) in [7, 11) is 3.85. The fourth-order valence-electron chi connectivity index (χ4n) is 1.10. The van der Waals surface area contributed by atoms with Crippen molar-refractivity contribution in [2.24, 2.45) is 4.99 Å². The van der Waals surface area contributed by atoms with E-state index in [9.17, 15) is 5.11 Å². The number of aryl methyl sites for hydroxylation is 2. The second-order valence-electron chi connectivity index (χ2n) is 3.63. The zero-order valence-electron chi connectivity index (χ0n) is 9.07. The lowest BCUT2D eigenvalue weighted by Crippen LogP contribution is -2.07. The lowest BCUT2D eigenvalue weighted by Gasteiger charge is -2.06. The van der Waals surface area contributed by atoms with Gasteiger partial charge in [-0.05, 0) is 37.1 Å². The lowest BCUT2D eigenvalue weighted by atomic mass is 10.1. The summed E-state index contributed by atoms with van der Waals surface area (Å²) in [6, 6.07) is 3.61. The largest absolute Gasteiger partial charge is 0.508 e. The average Bonchev–Trinajstić information content (AvgIpc) is 2.09. The summed E-state index contributed by atoms with van der Waals surface area (Å²) in [4.78, 5) is 6.17. The molecule has 3 heteroatoms. The number of hydrogen-bond acceptors (Lipinski definition) is 2. The van der Waals surface area contributed by atoms with Gasteiger partial charge in [0.25, 0.3) is 0 Å². The van der Waals surface area contributed by atoms with Gasteiger partial charge in [-0.3, -0.25) is 0 Å². The second kappa shape index (κ2) is 4.13. The van der Waals surface area contributed by atoms with Gasteiger partial charge < -0.3 is 10.0 Å². The minimum Gasteiger partial charge on any atom is -0.508 e. The zero-order chi connectivity index (χ0) is 10.7. The first-order valence-corrected chi connectivity index (χ1v) is 4.51. The van der Waals surface area contributed by atoms with E-state index < -0.39 is 0 Å². The fraction of sp³-hybridized carbons (Fsp3) is 0.364. The average molecular weight is 192 g/mol. The molecule has 0 radical (unpaired) electrons. The smallest absolute Gasteiger partial charge is 0.118 e. The Balaban J connectivity index is 3.04. The first-order chi connectivity index (χ1) is 6.50. The van der Waals surface area contributed by atoms with E-state index in [2.05, 4.69) is 4.99 Å². The van der Waals surface area contributed by atoms with Crippen molar-refractivity contribution >= 4 is 12.0 Å². The number of aliphatic imine (C=N–C) groups is 1. The maximum Gasteiger partial charge on any atom is 0.118 e. The number of phenols is 1. The van der Waals surface area contributed by atoms with E-state index in [0.29, 0.717) is 5.75 Å². The summed E-state index contributed by atoms with van der Waals surface area (Å²) in [5, 5.41) is 9.44. The van der Waals surface area contributed by atoms with Gasteiger partial charge in [-0.1, -0.05) is 0 Å². The van der Waals surface area contributed by atoms with Crippen molar-refractivity contribution in [3.8, 4) is 5.75 Å². The first-order valence-electron chi connectivity index (χ1n) is 4.51. The van der Waals surface area contributed by atoms with Crippen molar-refractivity contribution in [3.63, 3.8) is 0 Å². The summed E-state index contributed by atoms with van der Waals surface area (Å²) in [5.41, 5.74) is 2.72. The zero-order valence-corrected chi connectivity index (χ0v) is 9.07. The van der Waals surface area contributed by atoms with E-state index in [-0.39, 0.29) is 0 Å². The third-order valence-corrected chi connectivity index (χ3v) is 1.94. The molecule has 0 atom stereocenters. The van der Waals surface area contributed by atoms with Crippen molar-refractivity contribution < 1.29 is 5.11 Å². The van der Waals surface area contributed by atoms with E-state index in [1.165, 1.54) is 0 Å². The minimum absolute atomic E-state index is 0.325. The molecule has 14 heavy (non-hydrogen) atoms. The van der Waals surface area contributed by atoms with Gasteiger partial charge in [-0.15, -0.1) is 0 Å². The highest BCUT2D eigenvalue weighted by Gasteiger charge is 2.01. The molecule has 0 aliphatic carbocycles. The van der Waals surface area contributed by atoms with E-state index in [4.69, 9.17) is 0 Å². The number of hydrogen-bond donors (Lipinski definition) is 1. The maximum atomic E-state index is 9.44. The van der Waals surface area contributed by atoms with Crippen LogP contribution < -0.4 is 0 Å². The Labute approximate surface area is 84.7 Å². The molecule has 0 aliphatic heterocycles. The Morgan fingerprint density at radius 3 is 2.43 bits per heavy atom. The Morgan fingerprint density at radius 1 is 1.21 bits per heavy atom. The molecule has 0 saturated carbocycles. The van der Waals surface area contributed by atoms with E-state index in [1.807, 2.05) is 38.9 Å². The van der Waals surface area contributed by atoms with E-state index in [1.54, 1.807) is 12.4 Å². The van der Waals surface area contributed by atoms with Crippen molar-refractivity contribution in [3.05, 3.63) is 23.3 Å². The summed E-state index contributed by atoms with van der Waals surface area (Å²) in [6.07, 6.45) is 1.75. The van der Waals surface area contributed by atoms with Crippen LogP contribution in [0.15, 0.2) is 17.1 Å². The molecule has 0 fully saturated rings. The van der Waals surface area contributed by atoms with Crippen molar-refractivity contribution in [1.82, 2.24) is 4.90 Å². The highest BCUT2D eigenvalue weighted by atomic mass is 16.3. The van der Waals surface area contributed by atoms with Gasteiger partial charge >= 0.3 is 0 Å². The lowest BCUT2D eigenvalue weighted by molar-refractivity contribution is 0.471. The SMILES string of the molecule is Cc1cc(/N=C/N(C)C)c(C)cc1O. The summed E-state index contributed by atoms with van der Waals surface area (Å²) >= 11 is 0. The van der Waals surface area contributed by atoms with E-state index in [0.717, 1.165) is 16.8 Å². The molecule has 0 saturated heterocycles. The summed E-state index contributed by atoms with van der Waals surface area (Å²) < 4.78 is 0. The number of aromatic hydroxyl groups is 1. The predicted molar refractivity (Wildman–Crippen MR) is 59.4 cm³/mol.